The van der Waals surface area contributed by atoms with E-state index in [1.165, 1.54) is 12.4 Å². The maximum atomic E-state index is 11.7. The van der Waals surface area contributed by atoms with Crippen LogP contribution in [0.4, 0.5) is 0 Å². The number of hydrogen-bond acceptors (Lipinski definition) is 4. The molecule has 2 heterocycles. The molecule has 2 aromatic rings. The van der Waals surface area contributed by atoms with Gasteiger partial charge in [0.15, 0.2) is 0 Å². The Balaban J connectivity index is 1.75. The van der Waals surface area contributed by atoms with E-state index >= 15 is 0 Å². The van der Waals surface area contributed by atoms with Crippen molar-refractivity contribution < 1.29 is 4.79 Å². The fraction of sp³-hybridized carbons (Fsp3) is 0.273. The molecule has 94 valence electrons. The van der Waals surface area contributed by atoms with Gasteiger partial charge in [-0.05, 0) is 12.5 Å². The molecule has 0 spiro atoms. The standard InChI is InChI=1S/C11H12ClN5O/c12-10-8-13-7-9(16-10)11(18)14-3-1-5-17-6-2-4-15-17/h2,4,6-8H,1,3,5H2,(H,14,18). The second kappa shape index (κ2) is 6.11. The minimum Gasteiger partial charge on any atom is -0.351 e. The first kappa shape index (κ1) is 12.5. The third kappa shape index (κ3) is 3.53. The van der Waals surface area contributed by atoms with Gasteiger partial charge in [-0.25, -0.2) is 4.98 Å². The van der Waals surface area contributed by atoms with Crippen LogP contribution in [0.5, 0.6) is 0 Å². The van der Waals surface area contributed by atoms with Gasteiger partial charge < -0.3 is 5.32 Å². The van der Waals surface area contributed by atoms with Gasteiger partial charge in [-0.15, -0.1) is 0 Å². The third-order valence-corrected chi connectivity index (χ3v) is 2.43. The summed E-state index contributed by atoms with van der Waals surface area (Å²) < 4.78 is 1.81. The molecule has 0 saturated carbocycles. The lowest BCUT2D eigenvalue weighted by molar-refractivity contribution is 0.0947. The molecule has 0 unspecified atom stereocenters. The Morgan fingerprint density at radius 1 is 1.44 bits per heavy atom. The molecule has 0 fully saturated rings. The number of amides is 1. The SMILES string of the molecule is O=C(NCCCn1cccn1)c1cncc(Cl)n1. The molecule has 0 aromatic carbocycles. The molecule has 1 N–H and O–H groups in total. The number of nitrogens with one attached hydrogen (secondary N) is 1. The zero-order chi connectivity index (χ0) is 12.8. The van der Waals surface area contributed by atoms with E-state index in [4.69, 9.17) is 11.6 Å². The van der Waals surface area contributed by atoms with Crippen LogP contribution < -0.4 is 5.32 Å². The highest BCUT2D eigenvalue weighted by molar-refractivity contribution is 6.29. The Kier molecular flexibility index (Phi) is 4.25. The molecule has 7 heteroatoms. The highest BCUT2D eigenvalue weighted by atomic mass is 35.5. The lowest BCUT2D eigenvalue weighted by Crippen LogP contribution is -2.26. The van der Waals surface area contributed by atoms with Gasteiger partial charge in [-0.1, -0.05) is 11.6 Å². The number of carbonyl (C=O) groups is 1. The van der Waals surface area contributed by atoms with Crippen molar-refractivity contribution in [3.8, 4) is 0 Å². The first-order valence-corrected chi connectivity index (χ1v) is 5.86. The number of carbonyl (C=O) groups excluding carboxylic acids is 1. The Morgan fingerprint density at radius 2 is 2.33 bits per heavy atom. The first-order valence-electron chi connectivity index (χ1n) is 5.49. The number of nitrogens with zero attached hydrogens (tertiary/aromatic N) is 4. The summed E-state index contributed by atoms with van der Waals surface area (Å²) in [5.74, 6) is -0.273. The molecule has 0 atom stereocenters. The summed E-state index contributed by atoms with van der Waals surface area (Å²) in [6, 6.07) is 1.86. The normalized spacial score (nSPS) is 10.3. The van der Waals surface area contributed by atoms with Crippen molar-refractivity contribution in [2.24, 2.45) is 0 Å². The van der Waals surface area contributed by atoms with Crippen molar-refractivity contribution in [1.29, 1.82) is 0 Å². The molecule has 0 aliphatic rings. The number of aryl methyl sites for hydroxylation is 1. The maximum Gasteiger partial charge on any atom is 0.271 e. The van der Waals surface area contributed by atoms with Crippen molar-refractivity contribution in [2.45, 2.75) is 13.0 Å². The maximum absolute atomic E-state index is 11.7. The van der Waals surface area contributed by atoms with Crippen LogP contribution in [0.3, 0.4) is 0 Å². The summed E-state index contributed by atoms with van der Waals surface area (Å²) in [5.41, 5.74) is 0.224. The van der Waals surface area contributed by atoms with Gasteiger partial charge in [0.2, 0.25) is 0 Å². The smallest absolute Gasteiger partial charge is 0.271 e. The van der Waals surface area contributed by atoms with E-state index in [-0.39, 0.29) is 16.8 Å². The average molecular weight is 266 g/mol. The van der Waals surface area contributed by atoms with Crippen molar-refractivity contribution in [3.63, 3.8) is 0 Å². The van der Waals surface area contributed by atoms with Crippen LogP contribution in [0.2, 0.25) is 5.15 Å². The third-order valence-electron chi connectivity index (χ3n) is 2.25. The quantitative estimate of drug-likeness (QED) is 0.823. The van der Waals surface area contributed by atoms with Crippen molar-refractivity contribution in [1.82, 2.24) is 25.1 Å². The summed E-state index contributed by atoms with van der Waals surface area (Å²) in [4.78, 5) is 19.3. The van der Waals surface area contributed by atoms with E-state index in [0.717, 1.165) is 13.0 Å². The monoisotopic (exact) mass is 265 g/mol. The topological polar surface area (TPSA) is 72.7 Å². The van der Waals surface area contributed by atoms with Crippen molar-refractivity contribution in [3.05, 3.63) is 41.7 Å². The van der Waals surface area contributed by atoms with E-state index in [1.54, 1.807) is 6.20 Å². The van der Waals surface area contributed by atoms with Crippen LogP contribution in [-0.4, -0.2) is 32.2 Å². The number of hydrogen-bond donors (Lipinski definition) is 1. The van der Waals surface area contributed by atoms with Gasteiger partial charge in [0.25, 0.3) is 5.91 Å². The second-order valence-corrected chi connectivity index (χ2v) is 3.99. The van der Waals surface area contributed by atoms with Crippen LogP contribution in [0.25, 0.3) is 0 Å². The summed E-state index contributed by atoms with van der Waals surface area (Å²) in [7, 11) is 0. The van der Waals surface area contributed by atoms with Crippen LogP contribution in [-0.2, 0) is 6.54 Å². The Hall–Kier alpha value is -1.95. The molecular weight excluding hydrogens is 254 g/mol. The van der Waals surface area contributed by atoms with E-state index in [1.807, 2.05) is 16.9 Å². The first-order chi connectivity index (χ1) is 8.75. The summed E-state index contributed by atoms with van der Waals surface area (Å²) in [5, 5.41) is 7.02. The van der Waals surface area contributed by atoms with E-state index < -0.39 is 0 Å². The lowest BCUT2D eigenvalue weighted by atomic mass is 10.4. The fourth-order valence-corrected chi connectivity index (χ4v) is 1.57. The van der Waals surface area contributed by atoms with Gasteiger partial charge in [0, 0.05) is 25.5 Å². The van der Waals surface area contributed by atoms with Gasteiger partial charge >= 0.3 is 0 Å². The van der Waals surface area contributed by atoms with E-state index in [0.29, 0.717) is 6.54 Å². The zero-order valence-electron chi connectivity index (χ0n) is 9.58. The van der Waals surface area contributed by atoms with Gasteiger partial charge in [0.05, 0.1) is 12.4 Å². The Bertz CT molecular complexity index is 514. The van der Waals surface area contributed by atoms with Crippen LogP contribution in [0, 0.1) is 0 Å². The molecule has 0 bridgehead atoms. The molecule has 0 saturated heterocycles. The molecule has 18 heavy (non-hydrogen) atoms. The van der Waals surface area contributed by atoms with Crippen molar-refractivity contribution >= 4 is 17.5 Å². The molecule has 2 rings (SSSR count). The lowest BCUT2D eigenvalue weighted by Gasteiger charge is -2.04. The summed E-state index contributed by atoms with van der Waals surface area (Å²) >= 11 is 5.65. The minimum absolute atomic E-state index is 0.208. The zero-order valence-corrected chi connectivity index (χ0v) is 10.3. The molecule has 1 amide bonds. The van der Waals surface area contributed by atoms with Crippen LogP contribution >= 0.6 is 11.6 Å². The second-order valence-electron chi connectivity index (χ2n) is 3.61. The summed E-state index contributed by atoms with van der Waals surface area (Å²) in [6.45, 7) is 1.31. The number of rotatable bonds is 5. The predicted octanol–water partition coefficient (Wildman–Crippen LogP) is 1.15. The summed E-state index contributed by atoms with van der Waals surface area (Å²) in [6.07, 6.45) is 7.16. The molecular formula is C11H12ClN5O. The molecule has 0 aliphatic heterocycles. The minimum atomic E-state index is -0.273. The van der Waals surface area contributed by atoms with Crippen LogP contribution in [0.15, 0.2) is 30.9 Å². The van der Waals surface area contributed by atoms with Gasteiger partial charge in [0.1, 0.15) is 10.8 Å². The average Bonchev–Trinajstić information content (AvgIpc) is 2.87. The van der Waals surface area contributed by atoms with Gasteiger partial charge in [-0.3, -0.25) is 14.5 Å². The molecule has 0 radical (unpaired) electrons. The number of halogens is 1. The predicted molar refractivity (Wildman–Crippen MR) is 66.2 cm³/mol. The van der Waals surface area contributed by atoms with Gasteiger partial charge in [-0.2, -0.15) is 5.10 Å². The van der Waals surface area contributed by atoms with E-state index in [2.05, 4.69) is 20.4 Å². The Labute approximate surface area is 109 Å². The van der Waals surface area contributed by atoms with Crippen molar-refractivity contribution in [2.75, 3.05) is 6.54 Å². The molecule has 6 nitrogen and oxygen atoms in total. The number of aromatic nitrogens is 4. The van der Waals surface area contributed by atoms with Crippen LogP contribution in [0.1, 0.15) is 16.9 Å². The molecule has 0 aliphatic carbocycles. The highest BCUT2D eigenvalue weighted by Gasteiger charge is 2.07. The Morgan fingerprint density at radius 3 is 3.06 bits per heavy atom. The van der Waals surface area contributed by atoms with E-state index in [9.17, 15) is 4.79 Å². The highest BCUT2D eigenvalue weighted by Crippen LogP contribution is 2.02. The fourth-order valence-electron chi connectivity index (χ4n) is 1.42. The largest absolute Gasteiger partial charge is 0.351 e. The molecule has 2 aromatic heterocycles.